The fourth-order valence-corrected chi connectivity index (χ4v) is 7.37. The normalized spacial score (nSPS) is 21.0. The van der Waals surface area contributed by atoms with E-state index < -0.39 is 20.0 Å². The number of hydrogen-bond acceptors (Lipinski definition) is 7. The molecular formula is C20H26N2O6S3. The van der Waals surface area contributed by atoms with Crippen LogP contribution in [0.3, 0.4) is 0 Å². The van der Waals surface area contributed by atoms with Gasteiger partial charge in [-0.1, -0.05) is 6.07 Å². The molecule has 1 aromatic heterocycles. The molecule has 0 radical (unpaired) electrons. The highest BCUT2D eigenvalue weighted by Crippen LogP contribution is 2.25. The number of benzene rings is 1. The predicted molar refractivity (Wildman–Crippen MR) is 117 cm³/mol. The second kappa shape index (κ2) is 9.65. The molecule has 1 atom stereocenters. The van der Waals surface area contributed by atoms with Gasteiger partial charge in [-0.05, 0) is 48.6 Å². The Morgan fingerprint density at radius 3 is 2.32 bits per heavy atom. The van der Waals surface area contributed by atoms with E-state index in [1.807, 2.05) is 17.5 Å². The third-order valence-corrected chi connectivity index (χ3v) is 10.0. The number of thiophene rings is 1. The molecule has 2 fully saturated rings. The van der Waals surface area contributed by atoms with Gasteiger partial charge in [0.15, 0.2) is 0 Å². The van der Waals surface area contributed by atoms with Crippen LogP contribution in [-0.4, -0.2) is 71.0 Å². The molecule has 11 heteroatoms. The molecule has 2 saturated heterocycles. The molecule has 1 unspecified atom stereocenters. The Hall–Kier alpha value is -1.34. The lowest BCUT2D eigenvalue weighted by molar-refractivity contribution is 0.0730. The van der Waals surface area contributed by atoms with Gasteiger partial charge in [0.1, 0.15) is 0 Å². The fraction of sp³-hybridized carbons (Fsp3) is 0.500. The van der Waals surface area contributed by atoms with Gasteiger partial charge in [-0.15, -0.1) is 11.3 Å². The number of morpholine rings is 1. The van der Waals surface area contributed by atoms with E-state index in [1.165, 1.54) is 44.2 Å². The molecule has 4 rings (SSSR count). The van der Waals surface area contributed by atoms with Crippen LogP contribution >= 0.6 is 11.3 Å². The van der Waals surface area contributed by atoms with Crippen LogP contribution < -0.4 is 0 Å². The van der Waals surface area contributed by atoms with E-state index in [-0.39, 0.29) is 29.0 Å². The van der Waals surface area contributed by atoms with Crippen molar-refractivity contribution in [3.63, 3.8) is 0 Å². The van der Waals surface area contributed by atoms with Crippen LogP contribution in [0.1, 0.15) is 17.7 Å². The average Bonchev–Trinajstić information content (AvgIpc) is 3.48. The van der Waals surface area contributed by atoms with Crippen molar-refractivity contribution in [2.75, 3.05) is 39.5 Å². The predicted octanol–water partition coefficient (Wildman–Crippen LogP) is 2.14. The Kier molecular flexibility index (Phi) is 7.11. The third kappa shape index (κ3) is 5.19. The first-order valence-corrected chi connectivity index (χ1v) is 14.0. The van der Waals surface area contributed by atoms with Crippen LogP contribution in [0.25, 0.3) is 0 Å². The minimum atomic E-state index is -3.82. The Morgan fingerprint density at radius 2 is 1.71 bits per heavy atom. The van der Waals surface area contributed by atoms with E-state index >= 15 is 0 Å². The Bertz CT molecular complexity index is 1060. The van der Waals surface area contributed by atoms with Crippen molar-refractivity contribution in [1.82, 2.24) is 8.61 Å². The van der Waals surface area contributed by atoms with Crippen molar-refractivity contribution in [1.29, 1.82) is 0 Å². The molecule has 31 heavy (non-hydrogen) atoms. The molecule has 0 N–H and O–H groups in total. The molecule has 0 amide bonds. The zero-order valence-electron chi connectivity index (χ0n) is 17.1. The van der Waals surface area contributed by atoms with E-state index in [9.17, 15) is 16.8 Å². The molecule has 1 aromatic carbocycles. The van der Waals surface area contributed by atoms with Gasteiger partial charge in [0.05, 0.1) is 29.1 Å². The highest BCUT2D eigenvalue weighted by molar-refractivity contribution is 7.89. The largest absolute Gasteiger partial charge is 0.379 e. The van der Waals surface area contributed by atoms with Crippen LogP contribution in [0, 0.1) is 0 Å². The van der Waals surface area contributed by atoms with Crippen molar-refractivity contribution in [3.8, 4) is 0 Å². The van der Waals surface area contributed by atoms with Crippen LogP contribution in [0.2, 0.25) is 0 Å². The maximum absolute atomic E-state index is 13.4. The summed E-state index contributed by atoms with van der Waals surface area (Å²) in [4.78, 5) is 1.09. The van der Waals surface area contributed by atoms with Crippen LogP contribution in [-0.2, 0) is 36.1 Å². The smallest absolute Gasteiger partial charge is 0.243 e. The Balaban J connectivity index is 1.57. The molecule has 0 bridgehead atoms. The molecule has 3 heterocycles. The van der Waals surface area contributed by atoms with Crippen molar-refractivity contribution < 1.29 is 26.3 Å². The van der Waals surface area contributed by atoms with Gasteiger partial charge in [0, 0.05) is 37.7 Å². The number of rotatable bonds is 8. The number of nitrogens with zero attached hydrogens (tertiary/aromatic N) is 2. The summed E-state index contributed by atoms with van der Waals surface area (Å²) in [5, 5.41) is 1.91. The maximum atomic E-state index is 13.4. The molecular weight excluding hydrogens is 460 g/mol. The summed E-state index contributed by atoms with van der Waals surface area (Å²) >= 11 is 1.50. The molecule has 0 spiro atoms. The first-order valence-electron chi connectivity index (χ1n) is 10.2. The van der Waals surface area contributed by atoms with E-state index in [2.05, 4.69) is 0 Å². The van der Waals surface area contributed by atoms with E-state index in [1.54, 1.807) is 0 Å². The van der Waals surface area contributed by atoms with Gasteiger partial charge in [0.25, 0.3) is 0 Å². The zero-order chi connectivity index (χ0) is 21.9. The third-order valence-electron chi connectivity index (χ3n) is 5.41. The standard InChI is InChI=1S/C20H26N2O6S3/c23-30(24,21-9-12-27-13-10-21)19-5-7-20(8-6-19)31(25,26)22(15-17-3-1-11-28-17)16-18-4-2-14-29-18/h2,4-8,14,17H,1,3,9-13,15-16H2. The van der Waals surface area contributed by atoms with E-state index in [0.717, 1.165) is 17.7 Å². The Labute approximate surface area is 187 Å². The fourth-order valence-electron chi connectivity index (χ4n) is 3.71. The summed E-state index contributed by atoms with van der Waals surface area (Å²) in [5.41, 5.74) is 0. The highest BCUT2D eigenvalue weighted by Gasteiger charge is 2.31. The molecule has 0 saturated carbocycles. The zero-order valence-corrected chi connectivity index (χ0v) is 19.5. The lowest BCUT2D eigenvalue weighted by Crippen LogP contribution is -2.40. The summed E-state index contributed by atoms with van der Waals surface area (Å²) in [7, 11) is -7.50. The van der Waals surface area contributed by atoms with Crippen LogP contribution in [0.5, 0.6) is 0 Å². The minimum absolute atomic E-state index is 0.0722. The van der Waals surface area contributed by atoms with Crippen molar-refractivity contribution in [2.45, 2.75) is 35.3 Å². The molecule has 2 aliphatic heterocycles. The molecule has 170 valence electrons. The molecule has 2 aromatic rings. The minimum Gasteiger partial charge on any atom is -0.379 e. The maximum Gasteiger partial charge on any atom is 0.243 e. The molecule has 2 aliphatic rings. The highest BCUT2D eigenvalue weighted by atomic mass is 32.2. The monoisotopic (exact) mass is 486 g/mol. The molecule has 8 nitrogen and oxygen atoms in total. The van der Waals surface area contributed by atoms with Gasteiger partial charge in [-0.3, -0.25) is 0 Å². The summed E-state index contributed by atoms with van der Waals surface area (Å²) in [6.07, 6.45) is 1.62. The van der Waals surface area contributed by atoms with Crippen LogP contribution in [0.4, 0.5) is 0 Å². The summed E-state index contributed by atoms with van der Waals surface area (Å²) in [6.45, 7) is 2.46. The second-order valence-electron chi connectivity index (χ2n) is 7.50. The average molecular weight is 487 g/mol. The summed E-state index contributed by atoms with van der Waals surface area (Å²) in [5.74, 6) is 0. The lowest BCUT2D eigenvalue weighted by Gasteiger charge is -2.26. The first-order chi connectivity index (χ1) is 14.9. The topological polar surface area (TPSA) is 93.2 Å². The quantitative estimate of drug-likeness (QED) is 0.568. The summed E-state index contributed by atoms with van der Waals surface area (Å²) in [6, 6.07) is 9.28. The van der Waals surface area contributed by atoms with E-state index in [4.69, 9.17) is 9.47 Å². The van der Waals surface area contributed by atoms with Crippen LogP contribution in [0.15, 0.2) is 51.6 Å². The van der Waals surface area contributed by atoms with Gasteiger partial charge in [0.2, 0.25) is 20.0 Å². The first kappa shape index (κ1) is 22.8. The van der Waals surface area contributed by atoms with Gasteiger partial charge < -0.3 is 9.47 Å². The van der Waals surface area contributed by atoms with Gasteiger partial charge in [-0.2, -0.15) is 8.61 Å². The molecule has 0 aliphatic carbocycles. The van der Waals surface area contributed by atoms with Crippen molar-refractivity contribution >= 4 is 31.4 Å². The SMILES string of the molecule is O=S(=O)(c1ccc(S(=O)(=O)N(Cc2cccs2)CC2CCCO2)cc1)N1CCOCC1. The number of ether oxygens (including phenoxy) is 2. The number of hydrogen-bond donors (Lipinski definition) is 0. The summed E-state index contributed by atoms with van der Waals surface area (Å²) < 4.78 is 66.1. The lowest BCUT2D eigenvalue weighted by atomic mass is 10.2. The van der Waals surface area contributed by atoms with E-state index in [0.29, 0.717) is 32.9 Å². The van der Waals surface area contributed by atoms with Crippen molar-refractivity contribution in [3.05, 3.63) is 46.7 Å². The Morgan fingerprint density at radius 1 is 1.00 bits per heavy atom. The van der Waals surface area contributed by atoms with Gasteiger partial charge >= 0.3 is 0 Å². The van der Waals surface area contributed by atoms with Crippen molar-refractivity contribution in [2.24, 2.45) is 0 Å². The van der Waals surface area contributed by atoms with Gasteiger partial charge in [-0.25, -0.2) is 16.8 Å². The second-order valence-corrected chi connectivity index (χ2v) is 12.4. The number of sulfonamides is 2.